The molecule has 0 atom stereocenters. The van der Waals surface area contributed by atoms with Gasteiger partial charge in [-0.05, 0) is 39.8 Å². The number of hydrogen-bond acceptors (Lipinski definition) is 1. The molecule has 0 aliphatic heterocycles. The van der Waals surface area contributed by atoms with Gasteiger partial charge in [-0.25, -0.2) is 0 Å². The van der Waals surface area contributed by atoms with Gasteiger partial charge < -0.3 is 0 Å². The molecule has 0 aromatic rings. The minimum absolute atomic E-state index is 0.394. The molecule has 0 aromatic carbocycles. The van der Waals surface area contributed by atoms with Gasteiger partial charge in [0.05, 0.1) is 0 Å². The number of nitrogens with zero attached hydrogens (tertiary/aromatic N) is 1. The van der Waals surface area contributed by atoms with Crippen molar-refractivity contribution in [3.63, 3.8) is 0 Å². The number of hydrogen-bond donors (Lipinski definition) is 0. The summed E-state index contributed by atoms with van der Waals surface area (Å²) in [5, 5.41) is 0. The second kappa shape index (κ2) is 15.0. The minimum atomic E-state index is 0.394. The summed E-state index contributed by atoms with van der Waals surface area (Å²) < 4.78 is 0. The summed E-state index contributed by atoms with van der Waals surface area (Å²) in [5.41, 5.74) is 0.394. The molecule has 0 aromatic heterocycles. The van der Waals surface area contributed by atoms with Crippen molar-refractivity contribution in [1.82, 2.24) is 4.90 Å². The second-order valence-corrected chi connectivity index (χ2v) is 4.45. The molecule has 0 amide bonds. The van der Waals surface area contributed by atoms with Gasteiger partial charge in [-0.15, -0.1) is 0 Å². The lowest BCUT2D eigenvalue weighted by Crippen LogP contribution is -2.43. The molecule has 0 fully saturated rings. The maximum Gasteiger partial charge on any atom is 0.0150 e. The van der Waals surface area contributed by atoms with E-state index in [0.717, 1.165) is 0 Å². The molecule has 0 aliphatic carbocycles. The van der Waals surface area contributed by atoms with Crippen LogP contribution in [0.5, 0.6) is 0 Å². The third-order valence-electron chi connectivity index (χ3n) is 2.60. The van der Waals surface area contributed by atoms with E-state index >= 15 is 0 Å². The summed E-state index contributed by atoms with van der Waals surface area (Å²) >= 11 is 0. The van der Waals surface area contributed by atoms with Gasteiger partial charge in [0.2, 0.25) is 0 Å². The van der Waals surface area contributed by atoms with Crippen LogP contribution < -0.4 is 0 Å². The zero-order valence-corrected chi connectivity index (χ0v) is 13.5. The Morgan fingerprint density at radius 3 is 1.44 bits per heavy atom. The summed E-state index contributed by atoms with van der Waals surface area (Å²) in [4.78, 5) is 2.55. The average molecular weight is 231 g/mol. The maximum absolute atomic E-state index is 2.55. The first-order valence-corrected chi connectivity index (χ1v) is 7.25. The van der Waals surface area contributed by atoms with Crippen molar-refractivity contribution in [2.75, 3.05) is 13.1 Å². The highest BCUT2D eigenvalue weighted by molar-refractivity contribution is 4.78. The van der Waals surface area contributed by atoms with Gasteiger partial charge in [0.25, 0.3) is 0 Å². The molecule has 16 heavy (non-hydrogen) atoms. The molecule has 0 spiro atoms. The highest BCUT2D eigenvalue weighted by atomic mass is 15.2. The zero-order valence-electron chi connectivity index (χ0n) is 13.5. The lowest BCUT2D eigenvalue weighted by Gasteiger charge is -2.37. The third kappa shape index (κ3) is 12.0. The summed E-state index contributed by atoms with van der Waals surface area (Å²) in [7, 11) is 0. The quantitative estimate of drug-likeness (QED) is 0.616. The van der Waals surface area contributed by atoms with Crippen LogP contribution in [0.3, 0.4) is 0 Å². The molecule has 1 nitrogen and oxygen atoms in total. The van der Waals surface area contributed by atoms with Crippen molar-refractivity contribution in [3.8, 4) is 0 Å². The highest BCUT2D eigenvalue weighted by Crippen LogP contribution is 2.17. The first kappa shape index (κ1) is 21.3. The maximum atomic E-state index is 2.55. The van der Waals surface area contributed by atoms with Gasteiger partial charge in [0, 0.05) is 5.54 Å². The monoisotopic (exact) mass is 231 g/mol. The van der Waals surface area contributed by atoms with Crippen LogP contribution in [0.2, 0.25) is 0 Å². The molecule has 0 saturated carbocycles. The Kier molecular flexibility index (Phi) is 19.9. The van der Waals surface area contributed by atoms with E-state index in [1.165, 1.54) is 32.4 Å². The fraction of sp³-hybridized carbons (Fsp3) is 1.00. The van der Waals surface area contributed by atoms with Gasteiger partial charge in [0.15, 0.2) is 0 Å². The van der Waals surface area contributed by atoms with Crippen LogP contribution in [0.4, 0.5) is 0 Å². The molecular formula is C15H37N. The Hall–Kier alpha value is -0.0400. The molecule has 0 rings (SSSR count). The Morgan fingerprint density at radius 2 is 1.25 bits per heavy atom. The fourth-order valence-corrected chi connectivity index (χ4v) is 1.38. The molecular weight excluding hydrogens is 194 g/mol. The van der Waals surface area contributed by atoms with E-state index in [1.807, 2.05) is 13.8 Å². The van der Waals surface area contributed by atoms with Crippen molar-refractivity contribution in [1.29, 1.82) is 0 Å². The minimum Gasteiger partial charge on any atom is -0.299 e. The Bertz CT molecular complexity index is 108. The smallest absolute Gasteiger partial charge is 0.0150 e. The van der Waals surface area contributed by atoms with Gasteiger partial charge in [0.1, 0.15) is 0 Å². The van der Waals surface area contributed by atoms with E-state index in [0.29, 0.717) is 5.54 Å². The SMILES string of the molecule is CC.CCC.CCCN(CC)C(C)(C)CC. The highest BCUT2D eigenvalue weighted by Gasteiger charge is 2.21. The first-order chi connectivity index (χ1) is 7.49. The van der Waals surface area contributed by atoms with Crippen LogP contribution in [0.25, 0.3) is 0 Å². The first-order valence-electron chi connectivity index (χ1n) is 7.25. The average Bonchev–Trinajstić information content (AvgIpc) is 2.29. The van der Waals surface area contributed by atoms with Crippen molar-refractivity contribution in [2.45, 2.75) is 87.1 Å². The van der Waals surface area contributed by atoms with E-state index < -0.39 is 0 Å². The Labute approximate surface area is 106 Å². The van der Waals surface area contributed by atoms with Crippen LogP contribution in [0, 0.1) is 0 Å². The van der Waals surface area contributed by atoms with Crippen LogP contribution in [0.15, 0.2) is 0 Å². The lowest BCUT2D eigenvalue weighted by molar-refractivity contribution is 0.123. The Morgan fingerprint density at radius 1 is 0.875 bits per heavy atom. The summed E-state index contributed by atoms with van der Waals surface area (Å²) in [6.07, 6.45) is 3.75. The van der Waals surface area contributed by atoms with Crippen LogP contribution in [0.1, 0.15) is 81.6 Å². The predicted octanol–water partition coefficient (Wildman–Crippen LogP) is 5.35. The topological polar surface area (TPSA) is 3.24 Å². The van der Waals surface area contributed by atoms with Crippen molar-refractivity contribution >= 4 is 0 Å². The molecule has 0 bridgehead atoms. The zero-order chi connectivity index (χ0) is 13.6. The second-order valence-electron chi connectivity index (χ2n) is 4.45. The summed E-state index contributed by atoms with van der Waals surface area (Å²) in [6.45, 7) is 22.1. The van der Waals surface area contributed by atoms with Gasteiger partial charge in [-0.2, -0.15) is 0 Å². The molecule has 0 saturated heterocycles. The van der Waals surface area contributed by atoms with Crippen molar-refractivity contribution < 1.29 is 0 Å². The van der Waals surface area contributed by atoms with Crippen LogP contribution >= 0.6 is 0 Å². The predicted molar refractivity (Wildman–Crippen MR) is 79.2 cm³/mol. The van der Waals surface area contributed by atoms with Crippen LogP contribution in [-0.4, -0.2) is 23.5 Å². The molecule has 0 N–H and O–H groups in total. The van der Waals surface area contributed by atoms with E-state index in [4.69, 9.17) is 0 Å². The van der Waals surface area contributed by atoms with Gasteiger partial charge >= 0.3 is 0 Å². The van der Waals surface area contributed by atoms with Crippen LogP contribution in [-0.2, 0) is 0 Å². The number of rotatable bonds is 5. The van der Waals surface area contributed by atoms with Crippen molar-refractivity contribution in [2.24, 2.45) is 0 Å². The van der Waals surface area contributed by atoms with E-state index in [9.17, 15) is 0 Å². The fourth-order valence-electron chi connectivity index (χ4n) is 1.38. The molecule has 0 heterocycles. The summed E-state index contributed by atoms with van der Waals surface area (Å²) in [5.74, 6) is 0. The molecule has 0 aliphatic rings. The van der Waals surface area contributed by atoms with Gasteiger partial charge in [-0.1, -0.05) is 54.9 Å². The van der Waals surface area contributed by atoms with E-state index in [-0.39, 0.29) is 0 Å². The standard InChI is InChI=1S/C10H23N.C3H8.C2H6/c1-6-9-11(8-3)10(4,5)7-2;1-3-2;1-2/h6-9H2,1-5H3;3H2,1-2H3;1-2H3. The lowest BCUT2D eigenvalue weighted by atomic mass is 9.99. The molecule has 102 valence electrons. The van der Waals surface area contributed by atoms with Gasteiger partial charge in [-0.3, -0.25) is 4.90 Å². The molecule has 0 unspecified atom stereocenters. The normalized spacial score (nSPS) is 10.1. The largest absolute Gasteiger partial charge is 0.299 e. The van der Waals surface area contributed by atoms with Crippen molar-refractivity contribution in [3.05, 3.63) is 0 Å². The summed E-state index contributed by atoms with van der Waals surface area (Å²) in [6, 6.07) is 0. The molecule has 1 heteroatoms. The third-order valence-corrected chi connectivity index (χ3v) is 2.60. The Balaban J connectivity index is -0.000000289. The van der Waals surface area contributed by atoms with E-state index in [1.54, 1.807) is 0 Å². The molecule has 0 radical (unpaired) electrons. The van der Waals surface area contributed by atoms with E-state index in [2.05, 4.69) is 53.4 Å².